The van der Waals surface area contributed by atoms with Gasteiger partial charge in [-0.15, -0.1) is 5.10 Å². The summed E-state index contributed by atoms with van der Waals surface area (Å²) in [5.41, 5.74) is 7.79. The number of anilines is 1. The van der Waals surface area contributed by atoms with E-state index in [1.165, 1.54) is 10.7 Å². The number of hydrogen-bond acceptors (Lipinski definition) is 5. The highest BCUT2D eigenvalue weighted by atomic mass is 19.1. The topological polar surface area (TPSA) is 86.4 Å². The number of aromatic nitrogens is 6. The molecule has 0 bridgehead atoms. The van der Waals surface area contributed by atoms with Crippen LogP contribution in [-0.4, -0.2) is 29.0 Å². The predicted octanol–water partition coefficient (Wildman–Crippen LogP) is 1.47. The van der Waals surface area contributed by atoms with Gasteiger partial charge in [-0.2, -0.15) is 0 Å². The van der Waals surface area contributed by atoms with Crippen LogP contribution in [0, 0.1) is 12.7 Å². The van der Waals surface area contributed by atoms with Crippen molar-refractivity contribution < 1.29 is 4.39 Å². The number of nitrogens with zero attached hydrogens (tertiary/aromatic N) is 6. The third-order valence-corrected chi connectivity index (χ3v) is 3.31. The van der Waals surface area contributed by atoms with E-state index in [-0.39, 0.29) is 5.95 Å². The summed E-state index contributed by atoms with van der Waals surface area (Å²) in [6, 6.07) is 0. The zero-order valence-electron chi connectivity index (χ0n) is 11.0. The van der Waals surface area contributed by atoms with Gasteiger partial charge in [-0.05, 0) is 6.92 Å². The molecule has 0 aliphatic carbocycles. The van der Waals surface area contributed by atoms with Crippen molar-refractivity contribution >= 4 is 17.2 Å². The third-order valence-electron chi connectivity index (χ3n) is 3.31. The molecule has 7 nitrogen and oxygen atoms in total. The molecule has 0 atom stereocenters. The van der Waals surface area contributed by atoms with Crippen molar-refractivity contribution in [3.05, 3.63) is 42.5 Å². The van der Waals surface area contributed by atoms with E-state index in [0.29, 0.717) is 28.1 Å². The molecule has 2 N–H and O–H groups in total. The maximum absolute atomic E-state index is 14.3. The number of aryl methyl sites for hydroxylation is 1. The summed E-state index contributed by atoms with van der Waals surface area (Å²) < 4.78 is 17.5. The van der Waals surface area contributed by atoms with Crippen LogP contribution < -0.4 is 5.73 Å². The number of halogens is 1. The Labute approximate surface area is 117 Å². The van der Waals surface area contributed by atoms with Gasteiger partial charge in [0.2, 0.25) is 11.7 Å². The Morgan fingerprint density at radius 3 is 2.95 bits per heavy atom. The number of fused-ring (bicyclic) bond motifs is 2. The van der Waals surface area contributed by atoms with E-state index in [0.717, 1.165) is 0 Å². The fraction of sp³-hybridized carbons (Fsp3) is 0.0769. The monoisotopic (exact) mass is 283 g/mol. The third kappa shape index (κ3) is 1.65. The molecule has 0 spiro atoms. The normalized spacial score (nSPS) is 11.5. The SMILES string of the molecule is Cc1nc(N)nn2cc(F)c(-c3cnc4nccn4c3)c12. The quantitative estimate of drug-likeness (QED) is 0.571. The van der Waals surface area contributed by atoms with Crippen LogP contribution >= 0.6 is 0 Å². The molecule has 4 heterocycles. The minimum Gasteiger partial charge on any atom is -0.367 e. The molecule has 0 aliphatic heterocycles. The van der Waals surface area contributed by atoms with Gasteiger partial charge in [0.05, 0.1) is 17.4 Å². The zero-order chi connectivity index (χ0) is 14.6. The van der Waals surface area contributed by atoms with E-state index < -0.39 is 5.82 Å². The molecule has 0 aliphatic rings. The smallest absolute Gasteiger partial charge is 0.238 e. The summed E-state index contributed by atoms with van der Waals surface area (Å²) in [5.74, 6) is 0.254. The summed E-state index contributed by atoms with van der Waals surface area (Å²) in [6.45, 7) is 1.76. The first-order chi connectivity index (χ1) is 10.1. The van der Waals surface area contributed by atoms with Crippen molar-refractivity contribution in [1.82, 2.24) is 29.0 Å². The Kier molecular flexibility index (Phi) is 2.23. The van der Waals surface area contributed by atoms with Crippen LogP contribution in [-0.2, 0) is 0 Å². The Morgan fingerprint density at radius 2 is 2.10 bits per heavy atom. The van der Waals surface area contributed by atoms with Crippen LogP contribution in [0.2, 0.25) is 0 Å². The lowest BCUT2D eigenvalue weighted by molar-refractivity contribution is 0.628. The average molecular weight is 283 g/mol. The van der Waals surface area contributed by atoms with E-state index in [9.17, 15) is 4.39 Å². The van der Waals surface area contributed by atoms with Gasteiger partial charge in [0.15, 0.2) is 5.82 Å². The summed E-state index contributed by atoms with van der Waals surface area (Å²) in [5, 5.41) is 4.00. The van der Waals surface area contributed by atoms with Crippen molar-refractivity contribution in [2.24, 2.45) is 0 Å². The first-order valence-electron chi connectivity index (χ1n) is 6.23. The minimum absolute atomic E-state index is 0.102. The Hall–Kier alpha value is -3.03. The molecule has 0 saturated carbocycles. The molecule has 21 heavy (non-hydrogen) atoms. The Balaban J connectivity index is 2.07. The van der Waals surface area contributed by atoms with Crippen molar-refractivity contribution in [1.29, 1.82) is 0 Å². The minimum atomic E-state index is -0.403. The lowest BCUT2D eigenvalue weighted by atomic mass is 10.1. The van der Waals surface area contributed by atoms with Crippen LogP contribution in [0.15, 0.2) is 31.0 Å². The second-order valence-corrected chi connectivity index (χ2v) is 4.68. The molecular formula is C13H10FN7. The maximum atomic E-state index is 14.3. The van der Waals surface area contributed by atoms with Gasteiger partial charge in [0, 0.05) is 35.9 Å². The number of rotatable bonds is 1. The molecule has 4 aromatic heterocycles. The Bertz CT molecular complexity index is 985. The second-order valence-electron chi connectivity index (χ2n) is 4.68. The maximum Gasteiger partial charge on any atom is 0.238 e. The van der Waals surface area contributed by atoms with Crippen LogP contribution in [0.4, 0.5) is 10.3 Å². The van der Waals surface area contributed by atoms with Gasteiger partial charge >= 0.3 is 0 Å². The molecule has 4 rings (SSSR count). The number of nitrogen functional groups attached to an aromatic ring is 1. The van der Waals surface area contributed by atoms with Crippen LogP contribution in [0.3, 0.4) is 0 Å². The van der Waals surface area contributed by atoms with Crippen LogP contribution in [0.5, 0.6) is 0 Å². The molecule has 4 aromatic rings. The lowest BCUT2D eigenvalue weighted by Crippen LogP contribution is -2.03. The van der Waals surface area contributed by atoms with E-state index in [2.05, 4.69) is 20.1 Å². The Morgan fingerprint density at radius 1 is 1.24 bits per heavy atom. The van der Waals surface area contributed by atoms with Gasteiger partial charge in [-0.25, -0.2) is 23.9 Å². The van der Waals surface area contributed by atoms with Gasteiger partial charge in [-0.3, -0.25) is 4.40 Å². The van der Waals surface area contributed by atoms with Gasteiger partial charge in [-0.1, -0.05) is 0 Å². The van der Waals surface area contributed by atoms with Crippen molar-refractivity contribution in [2.75, 3.05) is 5.73 Å². The molecule has 0 saturated heterocycles. The highest BCUT2D eigenvalue weighted by molar-refractivity contribution is 5.82. The van der Waals surface area contributed by atoms with E-state index in [1.54, 1.807) is 36.1 Å². The first-order valence-corrected chi connectivity index (χ1v) is 6.23. The van der Waals surface area contributed by atoms with Crippen LogP contribution in [0.25, 0.3) is 22.4 Å². The highest BCUT2D eigenvalue weighted by Gasteiger charge is 2.17. The molecule has 0 amide bonds. The van der Waals surface area contributed by atoms with E-state index in [4.69, 9.17) is 5.73 Å². The van der Waals surface area contributed by atoms with Gasteiger partial charge < -0.3 is 5.73 Å². The summed E-state index contributed by atoms with van der Waals surface area (Å²) >= 11 is 0. The predicted molar refractivity (Wildman–Crippen MR) is 74.1 cm³/mol. The zero-order valence-corrected chi connectivity index (χ0v) is 11.0. The summed E-state index contributed by atoms with van der Waals surface area (Å²) in [6.07, 6.45) is 8.02. The summed E-state index contributed by atoms with van der Waals surface area (Å²) in [7, 11) is 0. The largest absolute Gasteiger partial charge is 0.367 e. The lowest BCUT2D eigenvalue weighted by Gasteiger charge is -2.04. The van der Waals surface area contributed by atoms with E-state index in [1.807, 2.05) is 0 Å². The molecule has 0 unspecified atom stereocenters. The molecule has 0 radical (unpaired) electrons. The van der Waals surface area contributed by atoms with Gasteiger partial charge in [0.25, 0.3) is 0 Å². The molecule has 0 aromatic carbocycles. The standard InChI is InChI=1S/C13H10FN7/c1-7-11-10(9(14)6-21(11)19-12(15)18-7)8-4-17-13-16-2-3-20(13)5-8/h2-6H,1H3,(H2,15,19). The fourth-order valence-corrected chi connectivity index (χ4v) is 2.47. The number of nitrogens with two attached hydrogens (primary N) is 1. The number of imidazole rings is 1. The molecule has 0 fully saturated rings. The van der Waals surface area contributed by atoms with Crippen molar-refractivity contribution in [3.8, 4) is 11.1 Å². The second kappa shape index (κ2) is 3.98. The highest BCUT2D eigenvalue weighted by Crippen LogP contribution is 2.30. The van der Waals surface area contributed by atoms with E-state index >= 15 is 0 Å². The molecule has 104 valence electrons. The molecular weight excluding hydrogens is 273 g/mol. The first kappa shape index (κ1) is 11.8. The van der Waals surface area contributed by atoms with Crippen molar-refractivity contribution in [2.45, 2.75) is 6.92 Å². The van der Waals surface area contributed by atoms with Gasteiger partial charge in [0.1, 0.15) is 0 Å². The van der Waals surface area contributed by atoms with Crippen LogP contribution in [0.1, 0.15) is 5.69 Å². The molecule has 8 heteroatoms. The number of hydrogen-bond donors (Lipinski definition) is 1. The van der Waals surface area contributed by atoms with Crippen molar-refractivity contribution in [3.63, 3.8) is 0 Å². The fourth-order valence-electron chi connectivity index (χ4n) is 2.47. The summed E-state index contributed by atoms with van der Waals surface area (Å²) in [4.78, 5) is 12.4. The average Bonchev–Trinajstić information content (AvgIpc) is 3.01.